The molecule has 1 aliphatic heterocycles. The van der Waals surface area contributed by atoms with E-state index in [1.807, 2.05) is 0 Å². The number of nitrogens with two attached hydrogens (primary N) is 1. The zero-order chi connectivity index (χ0) is 10.8. The van der Waals surface area contributed by atoms with E-state index in [1.54, 1.807) is 7.05 Å². The molecule has 2 rings (SSSR count). The summed E-state index contributed by atoms with van der Waals surface area (Å²) in [5.74, 6) is 1.48. The maximum atomic E-state index is 11.3. The largest absolute Gasteiger partial charge is 0.358 e. The molecular weight excluding hydrogens is 190 g/mol. The summed E-state index contributed by atoms with van der Waals surface area (Å²) >= 11 is 0. The predicted octanol–water partition coefficient (Wildman–Crippen LogP) is -0.208. The molecule has 3 atom stereocenters. The fourth-order valence-corrected chi connectivity index (χ4v) is 3.02. The Morgan fingerprint density at radius 1 is 1.47 bits per heavy atom. The van der Waals surface area contributed by atoms with Crippen molar-refractivity contribution in [1.82, 2.24) is 10.2 Å². The number of likely N-dealkylation sites (N-methyl/N-ethyl adjacent to an activating group) is 1. The highest BCUT2D eigenvalue weighted by molar-refractivity contribution is 5.77. The van der Waals surface area contributed by atoms with Crippen LogP contribution < -0.4 is 11.1 Å². The van der Waals surface area contributed by atoms with Crippen LogP contribution in [0.1, 0.15) is 19.3 Å². The van der Waals surface area contributed by atoms with Crippen molar-refractivity contribution in [1.29, 1.82) is 0 Å². The molecule has 4 nitrogen and oxygen atoms in total. The number of hydrogen-bond donors (Lipinski definition) is 2. The standard InChI is InChI=1S/C11H21N3O/c1-13-11(15)7-14-5-8-3-2-4-10(12)9(8)6-14/h8-10H,2-7,12H2,1H3,(H,13,15). The molecule has 1 aliphatic carbocycles. The van der Waals surface area contributed by atoms with Gasteiger partial charge in [-0.3, -0.25) is 9.69 Å². The van der Waals surface area contributed by atoms with E-state index >= 15 is 0 Å². The summed E-state index contributed by atoms with van der Waals surface area (Å²) in [6.45, 7) is 2.61. The molecule has 2 fully saturated rings. The number of carbonyl (C=O) groups is 1. The lowest BCUT2D eigenvalue weighted by Gasteiger charge is -2.29. The van der Waals surface area contributed by atoms with Gasteiger partial charge in [0, 0.05) is 26.2 Å². The SMILES string of the molecule is CNC(=O)CN1CC2CCCC(N)C2C1. The Balaban J connectivity index is 1.89. The van der Waals surface area contributed by atoms with E-state index in [-0.39, 0.29) is 5.91 Å². The number of fused-ring (bicyclic) bond motifs is 1. The van der Waals surface area contributed by atoms with Crippen molar-refractivity contribution >= 4 is 5.91 Å². The molecule has 1 amide bonds. The minimum Gasteiger partial charge on any atom is -0.358 e. The topological polar surface area (TPSA) is 58.4 Å². The first-order valence-corrected chi connectivity index (χ1v) is 5.89. The smallest absolute Gasteiger partial charge is 0.233 e. The van der Waals surface area contributed by atoms with Crippen LogP contribution in [0.3, 0.4) is 0 Å². The first kappa shape index (κ1) is 10.9. The van der Waals surface area contributed by atoms with Crippen LogP contribution in [-0.4, -0.2) is 43.5 Å². The van der Waals surface area contributed by atoms with Gasteiger partial charge in [-0.05, 0) is 24.7 Å². The summed E-state index contributed by atoms with van der Waals surface area (Å²) in [6.07, 6.45) is 3.72. The molecular formula is C11H21N3O. The molecule has 3 N–H and O–H groups in total. The summed E-state index contributed by atoms with van der Waals surface area (Å²) < 4.78 is 0. The molecule has 86 valence electrons. The van der Waals surface area contributed by atoms with E-state index in [0.29, 0.717) is 18.5 Å². The molecule has 15 heavy (non-hydrogen) atoms. The molecule has 0 aromatic carbocycles. The van der Waals surface area contributed by atoms with Gasteiger partial charge in [-0.25, -0.2) is 0 Å². The Morgan fingerprint density at radius 3 is 2.93 bits per heavy atom. The van der Waals surface area contributed by atoms with Crippen LogP contribution in [0.5, 0.6) is 0 Å². The molecule has 0 aromatic heterocycles. The van der Waals surface area contributed by atoms with Crippen molar-refractivity contribution in [3.8, 4) is 0 Å². The van der Waals surface area contributed by atoms with Gasteiger partial charge >= 0.3 is 0 Å². The van der Waals surface area contributed by atoms with Gasteiger partial charge < -0.3 is 11.1 Å². The van der Waals surface area contributed by atoms with Gasteiger partial charge in [0.25, 0.3) is 0 Å². The lowest BCUT2D eigenvalue weighted by atomic mass is 9.78. The third-order valence-corrected chi connectivity index (χ3v) is 3.88. The van der Waals surface area contributed by atoms with Crippen LogP contribution in [-0.2, 0) is 4.79 Å². The maximum absolute atomic E-state index is 11.3. The summed E-state index contributed by atoms with van der Waals surface area (Å²) in [5.41, 5.74) is 6.12. The number of hydrogen-bond acceptors (Lipinski definition) is 3. The Kier molecular flexibility index (Phi) is 3.26. The van der Waals surface area contributed by atoms with Crippen LogP contribution in [0.4, 0.5) is 0 Å². The van der Waals surface area contributed by atoms with Crippen molar-refractivity contribution in [3.63, 3.8) is 0 Å². The van der Waals surface area contributed by atoms with E-state index in [9.17, 15) is 4.79 Å². The molecule has 3 unspecified atom stereocenters. The summed E-state index contributed by atoms with van der Waals surface area (Å²) in [7, 11) is 1.69. The lowest BCUT2D eigenvalue weighted by Crippen LogP contribution is -2.39. The minimum absolute atomic E-state index is 0.113. The fraction of sp³-hybridized carbons (Fsp3) is 0.909. The molecule has 2 aliphatic rings. The number of amides is 1. The first-order valence-electron chi connectivity index (χ1n) is 5.89. The second-order valence-corrected chi connectivity index (χ2v) is 4.89. The van der Waals surface area contributed by atoms with Gasteiger partial charge in [-0.1, -0.05) is 6.42 Å². The molecule has 1 saturated carbocycles. The van der Waals surface area contributed by atoms with E-state index < -0.39 is 0 Å². The van der Waals surface area contributed by atoms with Crippen molar-refractivity contribution in [3.05, 3.63) is 0 Å². The van der Waals surface area contributed by atoms with E-state index in [1.165, 1.54) is 12.8 Å². The highest BCUT2D eigenvalue weighted by Crippen LogP contribution is 2.35. The molecule has 0 bridgehead atoms. The fourth-order valence-electron chi connectivity index (χ4n) is 3.02. The lowest BCUT2D eigenvalue weighted by molar-refractivity contribution is -0.121. The van der Waals surface area contributed by atoms with E-state index in [4.69, 9.17) is 5.73 Å². The average Bonchev–Trinajstić information content (AvgIpc) is 2.62. The summed E-state index contributed by atoms with van der Waals surface area (Å²) in [5, 5.41) is 2.67. The summed E-state index contributed by atoms with van der Waals surface area (Å²) in [6, 6.07) is 0.360. The number of rotatable bonds is 2. The third-order valence-electron chi connectivity index (χ3n) is 3.88. The number of carbonyl (C=O) groups excluding carboxylic acids is 1. The maximum Gasteiger partial charge on any atom is 0.233 e. The number of likely N-dealkylation sites (tertiary alicyclic amines) is 1. The Morgan fingerprint density at radius 2 is 2.27 bits per heavy atom. The quantitative estimate of drug-likeness (QED) is 0.664. The molecule has 1 saturated heterocycles. The number of nitrogens with one attached hydrogen (secondary N) is 1. The molecule has 0 spiro atoms. The Bertz CT molecular complexity index is 244. The zero-order valence-electron chi connectivity index (χ0n) is 9.41. The van der Waals surface area contributed by atoms with Gasteiger partial charge in [0.05, 0.1) is 6.54 Å². The van der Waals surface area contributed by atoms with Crippen molar-refractivity contribution in [2.45, 2.75) is 25.3 Å². The van der Waals surface area contributed by atoms with Crippen molar-refractivity contribution in [2.75, 3.05) is 26.7 Å². The van der Waals surface area contributed by atoms with Gasteiger partial charge in [0.2, 0.25) is 5.91 Å². The van der Waals surface area contributed by atoms with Gasteiger partial charge in [-0.2, -0.15) is 0 Å². The second kappa shape index (κ2) is 4.49. The highest BCUT2D eigenvalue weighted by atomic mass is 16.1. The van der Waals surface area contributed by atoms with Crippen LogP contribution in [0.15, 0.2) is 0 Å². The van der Waals surface area contributed by atoms with Crippen LogP contribution in [0.25, 0.3) is 0 Å². The Hall–Kier alpha value is -0.610. The Labute approximate surface area is 91.2 Å². The van der Waals surface area contributed by atoms with Crippen LogP contribution >= 0.6 is 0 Å². The van der Waals surface area contributed by atoms with Crippen LogP contribution in [0.2, 0.25) is 0 Å². The van der Waals surface area contributed by atoms with Gasteiger partial charge in [0.1, 0.15) is 0 Å². The minimum atomic E-state index is 0.113. The molecule has 0 radical (unpaired) electrons. The second-order valence-electron chi connectivity index (χ2n) is 4.89. The normalized spacial score (nSPS) is 36.3. The molecule has 4 heteroatoms. The first-order chi connectivity index (χ1) is 7.20. The monoisotopic (exact) mass is 211 g/mol. The van der Waals surface area contributed by atoms with Crippen molar-refractivity contribution in [2.24, 2.45) is 17.6 Å². The summed E-state index contributed by atoms with van der Waals surface area (Å²) in [4.78, 5) is 13.5. The van der Waals surface area contributed by atoms with Gasteiger partial charge in [0.15, 0.2) is 0 Å². The van der Waals surface area contributed by atoms with E-state index in [0.717, 1.165) is 25.4 Å². The third kappa shape index (κ3) is 2.32. The van der Waals surface area contributed by atoms with E-state index in [2.05, 4.69) is 10.2 Å². The predicted molar refractivity (Wildman–Crippen MR) is 59.3 cm³/mol. The molecule has 0 aromatic rings. The molecule has 1 heterocycles. The average molecular weight is 211 g/mol. The van der Waals surface area contributed by atoms with Crippen LogP contribution in [0, 0.1) is 11.8 Å². The van der Waals surface area contributed by atoms with Crippen molar-refractivity contribution < 1.29 is 4.79 Å². The zero-order valence-corrected chi connectivity index (χ0v) is 9.41. The highest BCUT2D eigenvalue weighted by Gasteiger charge is 2.38. The van der Waals surface area contributed by atoms with Gasteiger partial charge in [-0.15, -0.1) is 0 Å². The number of nitrogens with zero attached hydrogens (tertiary/aromatic N) is 1.